The first-order chi connectivity index (χ1) is 7.74. The molecule has 0 saturated carbocycles. The highest BCUT2D eigenvalue weighted by Gasteiger charge is 1.97. The molecule has 1 heterocycles. The first-order valence-corrected chi connectivity index (χ1v) is 6.60. The van der Waals surface area contributed by atoms with E-state index in [0.717, 1.165) is 10.0 Å². The summed E-state index contributed by atoms with van der Waals surface area (Å²) in [6.45, 7) is 0.547. The fourth-order valence-corrected chi connectivity index (χ4v) is 1.78. The quantitative estimate of drug-likeness (QED) is 0.739. The molecule has 1 aromatic heterocycles. The summed E-state index contributed by atoms with van der Waals surface area (Å²) < 4.78 is 7.73. The van der Waals surface area contributed by atoms with Gasteiger partial charge >= 0.3 is 0 Å². The van der Waals surface area contributed by atoms with Gasteiger partial charge < -0.3 is 4.74 Å². The summed E-state index contributed by atoms with van der Waals surface area (Å²) in [5, 5.41) is 0. The van der Waals surface area contributed by atoms with Crippen LogP contribution in [-0.4, -0.2) is 4.98 Å². The average Bonchev–Trinajstić information content (AvgIpc) is 2.30. The number of aromatic nitrogens is 1. The SMILES string of the molecule is Brc1ccc(OCc2ccc(I)cc2)nc1. The summed E-state index contributed by atoms with van der Waals surface area (Å²) in [4.78, 5) is 4.14. The van der Waals surface area contributed by atoms with Crippen molar-refractivity contribution in [1.82, 2.24) is 4.98 Å². The monoisotopic (exact) mass is 389 g/mol. The molecule has 0 atom stereocenters. The topological polar surface area (TPSA) is 22.1 Å². The number of nitrogens with zero attached hydrogens (tertiary/aromatic N) is 1. The number of pyridine rings is 1. The highest BCUT2D eigenvalue weighted by molar-refractivity contribution is 14.1. The van der Waals surface area contributed by atoms with E-state index in [-0.39, 0.29) is 0 Å². The zero-order valence-corrected chi connectivity index (χ0v) is 12.1. The molecular formula is C12H9BrINO. The molecule has 0 spiro atoms. The van der Waals surface area contributed by atoms with Crippen molar-refractivity contribution in [2.24, 2.45) is 0 Å². The molecule has 0 N–H and O–H groups in total. The number of rotatable bonds is 3. The minimum absolute atomic E-state index is 0.547. The molecule has 82 valence electrons. The predicted molar refractivity (Wildman–Crippen MR) is 75.4 cm³/mol. The lowest BCUT2D eigenvalue weighted by molar-refractivity contribution is 0.294. The Bertz CT molecular complexity index is 410. The van der Waals surface area contributed by atoms with Crippen molar-refractivity contribution < 1.29 is 4.74 Å². The minimum Gasteiger partial charge on any atom is -0.473 e. The smallest absolute Gasteiger partial charge is 0.213 e. The van der Waals surface area contributed by atoms with Crippen molar-refractivity contribution in [3.05, 3.63) is 56.2 Å². The normalized spacial score (nSPS) is 10.1. The molecule has 0 fully saturated rings. The highest BCUT2D eigenvalue weighted by Crippen LogP contribution is 2.14. The van der Waals surface area contributed by atoms with Crippen molar-refractivity contribution in [3.8, 4) is 5.88 Å². The molecule has 1 aromatic carbocycles. The first kappa shape index (κ1) is 11.9. The van der Waals surface area contributed by atoms with Crippen LogP contribution < -0.4 is 4.74 Å². The Kier molecular flexibility index (Phi) is 4.17. The second kappa shape index (κ2) is 5.63. The maximum atomic E-state index is 5.55. The fourth-order valence-electron chi connectivity index (χ4n) is 1.19. The summed E-state index contributed by atoms with van der Waals surface area (Å²) in [6.07, 6.45) is 1.73. The van der Waals surface area contributed by atoms with Gasteiger partial charge in [0.15, 0.2) is 0 Å². The second-order valence-corrected chi connectivity index (χ2v) is 5.39. The highest BCUT2D eigenvalue weighted by atomic mass is 127. The largest absolute Gasteiger partial charge is 0.473 e. The molecule has 0 aliphatic rings. The second-order valence-electron chi connectivity index (χ2n) is 3.23. The molecule has 2 aromatic rings. The molecule has 0 saturated heterocycles. The van der Waals surface area contributed by atoms with E-state index >= 15 is 0 Å². The van der Waals surface area contributed by atoms with Gasteiger partial charge in [0.1, 0.15) is 6.61 Å². The predicted octanol–water partition coefficient (Wildman–Crippen LogP) is 4.03. The van der Waals surface area contributed by atoms with Gasteiger partial charge in [-0.2, -0.15) is 0 Å². The third-order valence-electron chi connectivity index (χ3n) is 2.00. The molecule has 0 unspecified atom stereocenters. The summed E-state index contributed by atoms with van der Waals surface area (Å²) in [5.74, 6) is 0.641. The molecule has 0 aliphatic carbocycles. The van der Waals surface area contributed by atoms with Gasteiger partial charge in [-0.25, -0.2) is 4.98 Å². The van der Waals surface area contributed by atoms with Gasteiger partial charge in [0.2, 0.25) is 5.88 Å². The van der Waals surface area contributed by atoms with Gasteiger partial charge in [0, 0.05) is 20.3 Å². The summed E-state index contributed by atoms with van der Waals surface area (Å²) >= 11 is 5.61. The fraction of sp³-hybridized carbons (Fsp3) is 0.0833. The number of ether oxygens (including phenoxy) is 1. The molecular weight excluding hydrogens is 381 g/mol. The van der Waals surface area contributed by atoms with Crippen molar-refractivity contribution >= 4 is 38.5 Å². The van der Waals surface area contributed by atoms with E-state index < -0.39 is 0 Å². The molecule has 0 bridgehead atoms. The van der Waals surface area contributed by atoms with Crippen LogP contribution >= 0.6 is 38.5 Å². The van der Waals surface area contributed by atoms with E-state index in [0.29, 0.717) is 12.5 Å². The minimum atomic E-state index is 0.547. The van der Waals surface area contributed by atoms with E-state index in [2.05, 4.69) is 67.8 Å². The van der Waals surface area contributed by atoms with Crippen LogP contribution in [0.25, 0.3) is 0 Å². The van der Waals surface area contributed by atoms with Crippen LogP contribution in [0.1, 0.15) is 5.56 Å². The van der Waals surface area contributed by atoms with E-state index in [4.69, 9.17) is 4.74 Å². The zero-order chi connectivity index (χ0) is 11.4. The number of benzene rings is 1. The van der Waals surface area contributed by atoms with Crippen LogP contribution in [-0.2, 0) is 6.61 Å². The van der Waals surface area contributed by atoms with E-state index in [1.807, 2.05) is 12.1 Å². The first-order valence-electron chi connectivity index (χ1n) is 4.73. The lowest BCUT2D eigenvalue weighted by Crippen LogP contribution is -1.96. The molecule has 2 rings (SSSR count). The lowest BCUT2D eigenvalue weighted by atomic mass is 10.2. The van der Waals surface area contributed by atoms with Gasteiger partial charge in [0.05, 0.1) is 0 Å². The standard InChI is InChI=1S/C12H9BrINO/c13-10-3-6-12(15-7-10)16-8-9-1-4-11(14)5-2-9/h1-7H,8H2. The van der Waals surface area contributed by atoms with Crippen LogP contribution in [0.2, 0.25) is 0 Å². The van der Waals surface area contributed by atoms with Crippen LogP contribution in [0, 0.1) is 3.57 Å². The van der Waals surface area contributed by atoms with E-state index in [1.54, 1.807) is 6.20 Å². The van der Waals surface area contributed by atoms with E-state index in [1.165, 1.54) is 3.57 Å². The molecule has 0 amide bonds. The Morgan fingerprint density at radius 3 is 2.50 bits per heavy atom. The van der Waals surface area contributed by atoms with Crippen molar-refractivity contribution in [1.29, 1.82) is 0 Å². The Morgan fingerprint density at radius 1 is 1.12 bits per heavy atom. The average molecular weight is 390 g/mol. The number of hydrogen-bond acceptors (Lipinski definition) is 2. The van der Waals surface area contributed by atoms with Gasteiger partial charge in [-0.05, 0) is 62.3 Å². The van der Waals surface area contributed by atoms with Crippen LogP contribution in [0.4, 0.5) is 0 Å². The van der Waals surface area contributed by atoms with Crippen LogP contribution in [0.5, 0.6) is 5.88 Å². The zero-order valence-electron chi connectivity index (χ0n) is 8.36. The Hall–Kier alpha value is -0.620. The summed E-state index contributed by atoms with van der Waals surface area (Å²) in [6, 6.07) is 12.0. The van der Waals surface area contributed by atoms with Crippen molar-refractivity contribution in [2.75, 3.05) is 0 Å². The van der Waals surface area contributed by atoms with Crippen LogP contribution in [0.15, 0.2) is 47.1 Å². The Morgan fingerprint density at radius 2 is 1.88 bits per heavy atom. The maximum absolute atomic E-state index is 5.55. The summed E-state index contributed by atoms with van der Waals surface area (Å²) in [7, 11) is 0. The molecule has 4 heteroatoms. The maximum Gasteiger partial charge on any atom is 0.213 e. The Labute approximate surface area is 116 Å². The third kappa shape index (κ3) is 3.45. The van der Waals surface area contributed by atoms with Gasteiger partial charge in [-0.3, -0.25) is 0 Å². The lowest BCUT2D eigenvalue weighted by Gasteiger charge is -2.05. The molecule has 16 heavy (non-hydrogen) atoms. The van der Waals surface area contributed by atoms with Gasteiger partial charge in [0.25, 0.3) is 0 Å². The van der Waals surface area contributed by atoms with Gasteiger partial charge in [-0.15, -0.1) is 0 Å². The molecule has 0 radical (unpaired) electrons. The van der Waals surface area contributed by atoms with E-state index in [9.17, 15) is 0 Å². The van der Waals surface area contributed by atoms with Gasteiger partial charge in [-0.1, -0.05) is 12.1 Å². The van der Waals surface area contributed by atoms with Crippen LogP contribution in [0.3, 0.4) is 0 Å². The third-order valence-corrected chi connectivity index (χ3v) is 3.19. The number of halogens is 2. The molecule has 0 aliphatic heterocycles. The number of hydrogen-bond donors (Lipinski definition) is 0. The summed E-state index contributed by atoms with van der Waals surface area (Å²) in [5.41, 5.74) is 1.14. The molecule has 2 nitrogen and oxygen atoms in total. The van der Waals surface area contributed by atoms with Crippen molar-refractivity contribution in [3.63, 3.8) is 0 Å². The van der Waals surface area contributed by atoms with Crippen molar-refractivity contribution in [2.45, 2.75) is 6.61 Å². The Balaban J connectivity index is 1.97.